The third kappa shape index (κ3) is 1.95. The average molecular weight is 213 g/mol. The molecule has 1 N–H and O–H groups in total. The Kier molecular flexibility index (Phi) is 2.41. The first-order valence-electron chi connectivity index (χ1n) is 5.59. The fraction of sp³-hybridized carbons (Fsp3) is 0.909. The topological polar surface area (TPSA) is 53.1 Å². The van der Waals surface area contributed by atoms with Crippen LogP contribution in [0.2, 0.25) is 0 Å². The second kappa shape index (κ2) is 3.37. The van der Waals surface area contributed by atoms with Crippen molar-refractivity contribution < 1.29 is 14.6 Å². The lowest BCUT2D eigenvalue weighted by Crippen LogP contribution is -2.54. The number of amides is 1. The molecule has 4 nitrogen and oxygen atoms in total. The summed E-state index contributed by atoms with van der Waals surface area (Å²) in [7, 11) is 0. The van der Waals surface area contributed by atoms with Gasteiger partial charge in [-0.05, 0) is 40.0 Å². The molecular weight excluding hydrogens is 194 g/mol. The zero-order valence-electron chi connectivity index (χ0n) is 9.56. The molecule has 1 aliphatic carbocycles. The van der Waals surface area contributed by atoms with E-state index in [1.807, 2.05) is 20.8 Å². The van der Waals surface area contributed by atoms with Crippen molar-refractivity contribution >= 4 is 6.09 Å². The smallest absolute Gasteiger partial charge is 0.408 e. The molecule has 1 amide bonds. The van der Waals surface area contributed by atoms with E-state index in [0.29, 0.717) is 6.10 Å². The molecule has 0 radical (unpaired) electrons. The molecule has 0 bridgehead atoms. The summed E-state index contributed by atoms with van der Waals surface area (Å²) < 4.78 is 5.51. The lowest BCUT2D eigenvalue weighted by atomic mass is 9.91. The molecule has 1 saturated heterocycles. The maximum atomic E-state index is 11.3. The van der Waals surface area contributed by atoms with E-state index in [2.05, 4.69) is 0 Å². The Labute approximate surface area is 90.2 Å². The van der Waals surface area contributed by atoms with Crippen molar-refractivity contribution in [2.75, 3.05) is 0 Å². The average Bonchev–Trinajstić information content (AvgIpc) is 2.79. The van der Waals surface area contributed by atoms with Crippen molar-refractivity contribution in [3.8, 4) is 0 Å². The van der Waals surface area contributed by atoms with Crippen molar-refractivity contribution in [1.29, 1.82) is 0 Å². The fourth-order valence-electron chi connectivity index (χ4n) is 2.62. The predicted molar refractivity (Wildman–Crippen MR) is 55.9 cm³/mol. The van der Waals surface area contributed by atoms with Crippen LogP contribution < -0.4 is 0 Å². The Morgan fingerprint density at radius 1 is 1.40 bits per heavy atom. The van der Waals surface area contributed by atoms with Gasteiger partial charge in [0.25, 0.3) is 0 Å². The van der Waals surface area contributed by atoms with Gasteiger partial charge in [-0.1, -0.05) is 0 Å². The van der Waals surface area contributed by atoms with Gasteiger partial charge < -0.3 is 9.84 Å². The van der Waals surface area contributed by atoms with Gasteiger partial charge in [0.05, 0.1) is 12.1 Å². The highest BCUT2D eigenvalue weighted by Gasteiger charge is 2.52. The van der Waals surface area contributed by atoms with Gasteiger partial charge in [0.1, 0.15) is 6.10 Å². The van der Waals surface area contributed by atoms with Gasteiger partial charge in [0.15, 0.2) is 0 Å². The van der Waals surface area contributed by atoms with E-state index in [-0.39, 0.29) is 17.7 Å². The zero-order chi connectivity index (χ0) is 11.2. The first-order chi connectivity index (χ1) is 6.91. The molecule has 0 aromatic carbocycles. The number of fused-ring (bicyclic) bond motifs is 1. The van der Waals surface area contributed by atoms with Crippen LogP contribution in [0.25, 0.3) is 0 Å². The molecule has 1 heterocycles. The molecule has 0 aromatic rings. The quantitative estimate of drug-likeness (QED) is 0.678. The van der Waals surface area contributed by atoms with Gasteiger partial charge >= 0.3 is 6.09 Å². The number of rotatable bonds is 1. The van der Waals surface area contributed by atoms with Crippen LogP contribution in [0.4, 0.5) is 4.79 Å². The zero-order valence-corrected chi connectivity index (χ0v) is 9.56. The van der Waals surface area contributed by atoms with Crippen molar-refractivity contribution in [2.45, 2.75) is 63.8 Å². The van der Waals surface area contributed by atoms with Crippen LogP contribution >= 0.6 is 0 Å². The molecule has 2 rings (SSSR count). The minimum atomic E-state index is -0.830. The van der Waals surface area contributed by atoms with Crippen LogP contribution in [0.5, 0.6) is 0 Å². The molecule has 0 spiro atoms. The first-order valence-corrected chi connectivity index (χ1v) is 5.59. The van der Waals surface area contributed by atoms with Crippen LogP contribution in [0.1, 0.15) is 40.0 Å². The maximum Gasteiger partial charge on any atom is 0.408 e. The normalized spacial score (nSPS) is 34.5. The highest BCUT2D eigenvalue weighted by atomic mass is 16.6. The fourth-order valence-corrected chi connectivity index (χ4v) is 2.62. The van der Waals surface area contributed by atoms with E-state index in [1.165, 1.54) is 0 Å². The van der Waals surface area contributed by atoms with Crippen molar-refractivity contribution in [3.63, 3.8) is 0 Å². The van der Waals surface area contributed by atoms with E-state index in [1.54, 1.807) is 4.90 Å². The molecule has 4 heteroatoms. The number of hydrogen-bond donors (Lipinski definition) is 1. The Hall–Kier alpha value is -0.770. The summed E-state index contributed by atoms with van der Waals surface area (Å²) in [6.45, 7) is 5.81. The Morgan fingerprint density at radius 2 is 2.07 bits per heavy atom. The minimum absolute atomic E-state index is 0.0567. The van der Waals surface area contributed by atoms with Gasteiger partial charge in [-0.2, -0.15) is 0 Å². The molecular formula is C11H19NO3. The van der Waals surface area contributed by atoms with E-state index in [4.69, 9.17) is 4.74 Å². The van der Waals surface area contributed by atoms with Crippen molar-refractivity contribution in [2.24, 2.45) is 0 Å². The lowest BCUT2D eigenvalue weighted by molar-refractivity contribution is 0.0548. The minimum Gasteiger partial charge on any atom is -0.465 e. The van der Waals surface area contributed by atoms with E-state index in [9.17, 15) is 9.90 Å². The van der Waals surface area contributed by atoms with Gasteiger partial charge in [-0.25, -0.2) is 4.79 Å². The van der Waals surface area contributed by atoms with Gasteiger partial charge in [-0.15, -0.1) is 0 Å². The summed E-state index contributed by atoms with van der Waals surface area (Å²) in [5.74, 6) is 0. The number of nitrogens with zero attached hydrogens (tertiary/aromatic N) is 1. The molecule has 2 aliphatic rings. The largest absolute Gasteiger partial charge is 0.465 e. The number of carboxylic acid groups (broad SMARTS) is 1. The molecule has 3 atom stereocenters. The summed E-state index contributed by atoms with van der Waals surface area (Å²) in [4.78, 5) is 12.8. The summed E-state index contributed by atoms with van der Waals surface area (Å²) in [5, 5.41) is 9.27. The van der Waals surface area contributed by atoms with Crippen LogP contribution in [0.15, 0.2) is 0 Å². The highest BCUT2D eigenvalue weighted by molar-refractivity contribution is 5.66. The number of carbonyl (C=O) groups is 1. The molecule has 1 saturated carbocycles. The molecule has 1 aliphatic heterocycles. The van der Waals surface area contributed by atoms with Crippen LogP contribution in [0, 0.1) is 0 Å². The van der Waals surface area contributed by atoms with Crippen LogP contribution in [0.3, 0.4) is 0 Å². The van der Waals surface area contributed by atoms with Gasteiger partial charge in [0, 0.05) is 5.54 Å². The Morgan fingerprint density at radius 3 is 2.60 bits per heavy atom. The van der Waals surface area contributed by atoms with E-state index >= 15 is 0 Å². The Balaban J connectivity index is 2.14. The number of hydrogen-bond acceptors (Lipinski definition) is 2. The third-order valence-electron chi connectivity index (χ3n) is 3.25. The van der Waals surface area contributed by atoms with Crippen molar-refractivity contribution in [3.05, 3.63) is 0 Å². The van der Waals surface area contributed by atoms with Crippen molar-refractivity contribution in [1.82, 2.24) is 4.90 Å². The number of ether oxygens (including phenoxy) is 1. The SMILES string of the molecule is CC(C)(C)N(C(=O)O)[C@@H]1CCC[C@@H]2O[C@@H]21. The summed E-state index contributed by atoms with van der Waals surface area (Å²) in [6, 6.07) is 0.0567. The van der Waals surface area contributed by atoms with E-state index < -0.39 is 6.09 Å². The molecule has 0 unspecified atom stereocenters. The highest BCUT2D eigenvalue weighted by Crippen LogP contribution is 2.41. The number of epoxide rings is 1. The molecule has 2 fully saturated rings. The standard InChI is InChI=1S/C11H19NO3/c1-11(2,3)12(10(13)14)7-5-4-6-8-9(7)15-8/h7-9H,4-6H2,1-3H3,(H,13,14)/t7-,8+,9-/m1/s1. The predicted octanol–water partition coefficient (Wildman–Crippen LogP) is 2.08. The molecule has 86 valence electrons. The summed E-state index contributed by atoms with van der Waals surface area (Å²) in [5.41, 5.74) is -0.343. The summed E-state index contributed by atoms with van der Waals surface area (Å²) in [6.07, 6.45) is 2.76. The van der Waals surface area contributed by atoms with E-state index in [0.717, 1.165) is 19.3 Å². The van der Waals surface area contributed by atoms with Gasteiger partial charge in [0.2, 0.25) is 0 Å². The summed E-state index contributed by atoms with van der Waals surface area (Å²) >= 11 is 0. The second-order valence-electron chi connectivity index (χ2n) is 5.46. The van der Waals surface area contributed by atoms with Gasteiger partial charge in [-0.3, -0.25) is 4.90 Å². The first kappa shape index (κ1) is 10.7. The second-order valence-corrected chi connectivity index (χ2v) is 5.46. The third-order valence-corrected chi connectivity index (χ3v) is 3.25. The maximum absolute atomic E-state index is 11.3. The lowest BCUT2D eigenvalue weighted by Gasteiger charge is -2.40. The van der Waals surface area contributed by atoms with Crippen LogP contribution in [-0.4, -0.2) is 39.9 Å². The molecule has 0 aromatic heterocycles. The monoisotopic (exact) mass is 213 g/mol. The van der Waals surface area contributed by atoms with Crippen LogP contribution in [-0.2, 0) is 4.74 Å². The molecule has 15 heavy (non-hydrogen) atoms. The Bertz CT molecular complexity index is 271.